The van der Waals surface area contributed by atoms with Crippen LogP contribution in [0, 0.1) is 13.8 Å². The first kappa shape index (κ1) is 23.3. The predicted molar refractivity (Wildman–Crippen MR) is 115 cm³/mol. The number of nitrogens with zero attached hydrogens (tertiary/aromatic N) is 1. The molecule has 0 bridgehead atoms. The number of furan rings is 1. The molecule has 8 nitrogen and oxygen atoms in total. The van der Waals surface area contributed by atoms with Crippen LogP contribution in [0.2, 0.25) is 0 Å². The second-order valence-electron chi connectivity index (χ2n) is 7.18. The number of nitrogens with one attached hydrogen (secondary N) is 2. The summed E-state index contributed by atoms with van der Waals surface area (Å²) in [6, 6.07) is 7.09. The average molecular weight is 418 g/mol. The number of methoxy groups -OCH3 is 2. The number of hydrogen-bond donors (Lipinski definition) is 3. The van der Waals surface area contributed by atoms with E-state index in [1.807, 2.05) is 32.9 Å². The van der Waals surface area contributed by atoms with Crippen molar-refractivity contribution in [3.05, 3.63) is 52.5 Å². The first-order valence-corrected chi connectivity index (χ1v) is 9.79. The third-order valence-electron chi connectivity index (χ3n) is 4.65. The molecular weight excluding hydrogens is 386 g/mol. The van der Waals surface area contributed by atoms with Crippen LogP contribution in [0.4, 0.5) is 0 Å². The van der Waals surface area contributed by atoms with E-state index in [4.69, 9.17) is 13.9 Å². The molecule has 1 heterocycles. The van der Waals surface area contributed by atoms with Crippen LogP contribution in [0.1, 0.15) is 46.9 Å². The molecule has 1 aromatic heterocycles. The van der Waals surface area contributed by atoms with E-state index in [2.05, 4.69) is 15.6 Å². The molecule has 164 valence electrons. The van der Waals surface area contributed by atoms with Gasteiger partial charge in [0.05, 0.1) is 27.3 Å². The van der Waals surface area contributed by atoms with Crippen LogP contribution in [-0.4, -0.2) is 44.3 Å². The SMILES string of the molecule is CCNC(=NCc1ccc(OC)c(C(=O)OC)c1)NCC(C)(O)c1cc(C)oc1C. The number of esters is 1. The molecule has 0 radical (unpaired) electrons. The van der Waals surface area contributed by atoms with E-state index in [0.717, 1.165) is 16.9 Å². The fraction of sp³-hybridized carbons (Fsp3) is 0.455. The van der Waals surface area contributed by atoms with Crippen LogP contribution in [-0.2, 0) is 16.9 Å². The van der Waals surface area contributed by atoms with Crippen LogP contribution in [0.25, 0.3) is 0 Å². The zero-order chi connectivity index (χ0) is 22.3. The van der Waals surface area contributed by atoms with Crippen LogP contribution in [0.3, 0.4) is 0 Å². The van der Waals surface area contributed by atoms with Crippen LogP contribution in [0.5, 0.6) is 5.75 Å². The first-order chi connectivity index (χ1) is 14.2. The summed E-state index contributed by atoms with van der Waals surface area (Å²) in [5, 5.41) is 17.2. The van der Waals surface area contributed by atoms with Gasteiger partial charge >= 0.3 is 5.97 Å². The fourth-order valence-electron chi connectivity index (χ4n) is 3.15. The number of aliphatic hydroxyl groups is 1. The zero-order valence-electron chi connectivity index (χ0n) is 18.5. The first-order valence-electron chi connectivity index (χ1n) is 9.79. The summed E-state index contributed by atoms with van der Waals surface area (Å²) in [5.41, 5.74) is 0.776. The second-order valence-corrected chi connectivity index (χ2v) is 7.18. The van der Waals surface area contributed by atoms with Gasteiger partial charge in [0.15, 0.2) is 5.96 Å². The fourth-order valence-corrected chi connectivity index (χ4v) is 3.15. The van der Waals surface area contributed by atoms with E-state index in [1.54, 1.807) is 19.1 Å². The summed E-state index contributed by atoms with van der Waals surface area (Å²) >= 11 is 0. The van der Waals surface area contributed by atoms with Gasteiger partial charge in [0.25, 0.3) is 0 Å². The highest BCUT2D eigenvalue weighted by Crippen LogP contribution is 2.26. The van der Waals surface area contributed by atoms with Crippen molar-refractivity contribution in [1.29, 1.82) is 0 Å². The predicted octanol–water partition coefficient (Wildman–Crippen LogP) is 2.65. The molecule has 2 aromatic rings. The smallest absolute Gasteiger partial charge is 0.341 e. The lowest BCUT2D eigenvalue weighted by Crippen LogP contribution is -2.44. The lowest BCUT2D eigenvalue weighted by molar-refractivity contribution is 0.0592. The Kier molecular flexibility index (Phi) is 7.88. The second kappa shape index (κ2) is 10.2. The molecule has 1 unspecified atom stereocenters. The Labute approximate surface area is 177 Å². The molecule has 0 spiro atoms. The minimum atomic E-state index is -1.13. The van der Waals surface area contributed by atoms with Crippen LogP contribution >= 0.6 is 0 Å². The van der Waals surface area contributed by atoms with Crippen molar-refractivity contribution in [1.82, 2.24) is 10.6 Å². The highest BCUT2D eigenvalue weighted by atomic mass is 16.5. The minimum Gasteiger partial charge on any atom is -0.496 e. The molecule has 0 aliphatic heterocycles. The largest absolute Gasteiger partial charge is 0.496 e. The number of carbonyl (C=O) groups excluding carboxylic acids is 1. The lowest BCUT2D eigenvalue weighted by Gasteiger charge is -2.24. The Balaban J connectivity index is 2.14. The highest BCUT2D eigenvalue weighted by molar-refractivity contribution is 5.92. The molecule has 8 heteroatoms. The van der Waals surface area contributed by atoms with Crippen LogP contribution < -0.4 is 15.4 Å². The van der Waals surface area contributed by atoms with Crippen molar-refractivity contribution in [2.75, 3.05) is 27.3 Å². The summed E-state index contributed by atoms with van der Waals surface area (Å²) in [7, 11) is 2.83. The van der Waals surface area contributed by atoms with Crippen molar-refractivity contribution in [3.8, 4) is 5.75 Å². The minimum absolute atomic E-state index is 0.245. The van der Waals surface area contributed by atoms with E-state index < -0.39 is 11.6 Å². The average Bonchev–Trinajstić information content (AvgIpc) is 3.08. The number of rotatable bonds is 8. The third kappa shape index (κ3) is 5.76. The third-order valence-corrected chi connectivity index (χ3v) is 4.65. The number of carbonyl (C=O) groups is 1. The van der Waals surface area contributed by atoms with Gasteiger partial charge < -0.3 is 29.6 Å². The molecule has 0 aliphatic carbocycles. The van der Waals surface area contributed by atoms with Crippen molar-refractivity contribution < 1.29 is 23.8 Å². The van der Waals surface area contributed by atoms with E-state index in [0.29, 0.717) is 36.1 Å². The molecule has 0 amide bonds. The zero-order valence-corrected chi connectivity index (χ0v) is 18.5. The molecule has 0 saturated carbocycles. The Morgan fingerprint density at radius 3 is 2.53 bits per heavy atom. The van der Waals surface area contributed by atoms with Crippen molar-refractivity contribution in [3.63, 3.8) is 0 Å². The Bertz CT molecular complexity index is 902. The summed E-state index contributed by atoms with van der Waals surface area (Å²) in [6.07, 6.45) is 0. The number of aliphatic imine (C=N–C) groups is 1. The number of guanidine groups is 1. The van der Waals surface area contributed by atoms with Gasteiger partial charge in [0.2, 0.25) is 0 Å². The van der Waals surface area contributed by atoms with Gasteiger partial charge in [-0.3, -0.25) is 0 Å². The van der Waals surface area contributed by atoms with Gasteiger partial charge in [0, 0.05) is 12.1 Å². The molecule has 1 atom stereocenters. The van der Waals surface area contributed by atoms with E-state index in [1.165, 1.54) is 14.2 Å². The Morgan fingerprint density at radius 1 is 1.23 bits per heavy atom. The molecule has 0 fully saturated rings. The molecule has 0 aliphatic rings. The standard InChI is InChI=1S/C22H31N3O5/c1-7-23-21(25-13-22(4,27)18-10-14(2)30-15(18)3)24-12-16-8-9-19(28-5)17(11-16)20(26)29-6/h8-11,27H,7,12-13H2,1-6H3,(H2,23,24,25). The van der Waals surface area contributed by atoms with Gasteiger partial charge in [-0.25, -0.2) is 9.79 Å². The molecule has 1 aromatic carbocycles. The molecule has 0 saturated heterocycles. The summed E-state index contributed by atoms with van der Waals surface area (Å²) in [4.78, 5) is 16.5. The summed E-state index contributed by atoms with van der Waals surface area (Å²) in [6.45, 7) is 8.61. The summed E-state index contributed by atoms with van der Waals surface area (Å²) in [5.74, 6) is 1.97. The number of aryl methyl sites for hydroxylation is 2. The van der Waals surface area contributed by atoms with E-state index in [-0.39, 0.29) is 6.54 Å². The summed E-state index contributed by atoms with van der Waals surface area (Å²) < 4.78 is 15.6. The number of ether oxygens (including phenoxy) is 2. The Morgan fingerprint density at radius 2 is 1.97 bits per heavy atom. The number of hydrogen-bond acceptors (Lipinski definition) is 6. The van der Waals surface area contributed by atoms with Crippen molar-refractivity contribution in [2.24, 2.45) is 4.99 Å². The van der Waals surface area contributed by atoms with Gasteiger partial charge in [-0.15, -0.1) is 0 Å². The van der Waals surface area contributed by atoms with Crippen molar-refractivity contribution in [2.45, 2.75) is 39.8 Å². The molecular formula is C22H31N3O5. The Hall–Kier alpha value is -3.00. The topological polar surface area (TPSA) is 105 Å². The number of benzene rings is 1. The van der Waals surface area contributed by atoms with Gasteiger partial charge in [-0.2, -0.15) is 0 Å². The quantitative estimate of drug-likeness (QED) is 0.344. The van der Waals surface area contributed by atoms with Gasteiger partial charge in [-0.05, 0) is 51.5 Å². The highest BCUT2D eigenvalue weighted by Gasteiger charge is 2.27. The van der Waals surface area contributed by atoms with Gasteiger partial charge in [0.1, 0.15) is 28.4 Å². The molecule has 3 N–H and O–H groups in total. The maximum Gasteiger partial charge on any atom is 0.341 e. The van der Waals surface area contributed by atoms with Crippen molar-refractivity contribution >= 4 is 11.9 Å². The maximum absolute atomic E-state index is 12.0. The van der Waals surface area contributed by atoms with Crippen LogP contribution in [0.15, 0.2) is 33.7 Å². The lowest BCUT2D eigenvalue weighted by atomic mass is 9.96. The molecule has 2 rings (SSSR count). The molecule has 30 heavy (non-hydrogen) atoms. The van der Waals surface area contributed by atoms with E-state index in [9.17, 15) is 9.90 Å². The van der Waals surface area contributed by atoms with Gasteiger partial charge in [-0.1, -0.05) is 6.07 Å². The normalized spacial score (nSPS) is 13.5. The maximum atomic E-state index is 12.0. The van der Waals surface area contributed by atoms with E-state index >= 15 is 0 Å². The monoisotopic (exact) mass is 417 g/mol.